The van der Waals surface area contributed by atoms with Crippen molar-refractivity contribution in [3.63, 3.8) is 0 Å². The molecule has 3 aromatic rings. The van der Waals surface area contributed by atoms with Crippen LogP contribution >= 0.6 is 0 Å². The first-order valence-electron chi connectivity index (χ1n) is 7.99. The number of nitrogens with one attached hydrogen (secondary N) is 2. The Kier molecular flexibility index (Phi) is 4.94. The molecule has 3 rings (SSSR count). The SMILES string of the molecule is CCn1nc(C)c(NC(=O)CNCc2noc(-c3ccco3)n2)c1C. The van der Waals surface area contributed by atoms with E-state index in [-0.39, 0.29) is 12.5 Å². The number of hydrogen-bond donors (Lipinski definition) is 2. The molecule has 0 aromatic carbocycles. The maximum atomic E-state index is 12.1. The zero-order valence-electron chi connectivity index (χ0n) is 14.4. The molecule has 0 aliphatic heterocycles. The molecule has 0 saturated heterocycles. The van der Waals surface area contributed by atoms with Crippen LogP contribution < -0.4 is 10.6 Å². The minimum Gasteiger partial charge on any atom is -0.459 e. The molecular formula is C16H20N6O3. The van der Waals surface area contributed by atoms with E-state index in [0.717, 1.165) is 23.6 Å². The monoisotopic (exact) mass is 344 g/mol. The third-order valence-corrected chi connectivity index (χ3v) is 3.71. The molecule has 0 unspecified atom stereocenters. The maximum Gasteiger partial charge on any atom is 0.293 e. The highest BCUT2D eigenvalue weighted by Crippen LogP contribution is 2.19. The van der Waals surface area contributed by atoms with Crippen molar-refractivity contribution in [2.75, 3.05) is 11.9 Å². The predicted molar refractivity (Wildman–Crippen MR) is 89.7 cm³/mol. The average molecular weight is 344 g/mol. The lowest BCUT2D eigenvalue weighted by Crippen LogP contribution is -2.28. The third-order valence-electron chi connectivity index (χ3n) is 3.71. The summed E-state index contributed by atoms with van der Waals surface area (Å²) in [5, 5.41) is 14.1. The Morgan fingerprint density at radius 1 is 1.36 bits per heavy atom. The molecule has 0 fully saturated rings. The summed E-state index contributed by atoms with van der Waals surface area (Å²) in [5.41, 5.74) is 2.50. The summed E-state index contributed by atoms with van der Waals surface area (Å²) < 4.78 is 12.1. The van der Waals surface area contributed by atoms with Crippen molar-refractivity contribution in [3.05, 3.63) is 35.6 Å². The molecule has 0 aliphatic carbocycles. The number of carbonyl (C=O) groups is 1. The molecule has 9 heteroatoms. The highest BCUT2D eigenvalue weighted by Gasteiger charge is 2.14. The van der Waals surface area contributed by atoms with Gasteiger partial charge in [-0.1, -0.05) is 5.16 Å². The van der Waals surface area contributed by atoms with Gasteiger partial charge in [-0.3, -0.25) is 9.48 Å². The number of carbonyl (C=O) groups excluding carboxylic acids is 1. The second-order valence-electron chi connectivity index (χ2n) is 5.51. The van der Waals surface area contributed by atoms with Gasteiger partial charge in [-0.25, -0.2) is 0 Å². The Bertz CT molecular complexity index is 849. The quantitative estimate of drug-likeness (QED) is 0.673. The van der Waals surface area contributed by atoms with Gasteiger partial charge in [-0.15, -0.1) is 0 Å². The van der Waals surface area contributed by atoms with Gasteiger partial charge in [0.05, 0.1) is 36.4 Å². The van der Waals surface area contributed by atoms with Crippen LogP contribution in [0.5, 0.6) is 0 Å². The molecule has 0 radical (unpaired) electrons. The average Bonchev–Trinajstić information content (AvgIpc) is 3.31. The van der Waals surface area contributed by atoms with Gasteiger partial charge >= 0.3 is 0 Å². The van der Waals surface area contributed by atoms with Crippen LogP contribution in [0.3, 0.4) is 0 Å². The second kappa shape index (κ2) is 7.31. The van der Waals surface area contributed by atoms with Crippen molar-refractivity contribution < 1.29 is 13.7 Å². The summed E-state index contributed by atoms with van der Waals surface area (Å²) in [4.78, 5) is 16.3. The van der Waals surface area contributed by atoms with Gasteiger partial charge in [-0.05, 0) is 32.9 Å². The summed E-state index contributed by atoms with van der Waals surface area (Å²) in [6.07, 6.45) is 1.53. The number of anilines is 1. The van der Waals surface area contributed by atoms with E-state index in [0.29, 0.717) is 24.0 Å². The van der Waals surface area contributed by atoms with Crippen LogP contribution in [-0.2, 0) is 17.9 Å². The Labute approximate surface area is 144 Å². The Morgan fingerprint density at radius 3 is 2.88 bits per heavy atom. The maximum absolute atomic E-state index is 12.1. The van der Waals surface area contributed by atoms with Crippen LogP contribution in [-0.4, -0.2) is 32.4 Å². The number of aryl methyl sites for hydroxylation is 2. The zero-order chi connectivity index (χ0) is 17.8. The summed E-state index contributed by atoms with van der Waals surface area (Å²) >= 11 is 0. The minimum absolute atomic E-state index is 0.126. The normalized spacial score (nSPS) is 11.0. The molecular weight excluding hydrogens is 324 g/mol. The van der Waals surface area contributed by atoms with E-state index < -0.39 is 0 Å². The first-order valence-corrected chi connectivity index (χ1v) is 7.99. The first-order chi connectivity index (χ1) is 12.1. The van der Waals surface area contributed by atoms with Crippen molar-refractivity contribution >= 4 is 11.6 Å². The predicted octanol–water partition coefficient (Wildman–Crippen LogP) is 1.89. The number of furan rings is 1. The molecule has 3 aromatic heterocycles. The lowest BCUT2D eigenvalue weighted by molar-refractivity contribution is -0.115. The van der Waals surface area contributed by atoms with Crippen LogP contribution in [0, 0.1) is 13.8 Å². The number of aromatic nitrogens is 4. The summed E-state index contributed by atoms with van der Waals surface area (Å²) in [7, 11) is 0. The van der Waals surface area contributed by atoms with E-state index >= 15 is 0 Å². The van der Waals surface area contributed by atoms with Crippen LogP contribution in [0.1, 0.15) is 24.1 Å². The lowest BCUT2D eigenvalue weighted by Gasteiger charge is -2.06. The van der Waals surface area contributed by atoms with E-state index in [9.17, 15) is 4.79 Å². The van der Waals surface area contributed by atoms with Crippen molar-refractivity contribution in [2.24, 2.45) is 0 Å². The van der Waals surface area contributed by atoms with E-state index in [1.807, 2.05) is 25.5 Å². The standard InChI is InChI=1S/C16H20N6O3/c1-4-22-11(3)15(10(2)20-22)19-14(23)9-17-8-13-18-16(25-21-13)12-6-5-7-24-12/h5-7,17H,4,8-9H2,1-3H3,(H,19,23). The third kappa shape index (κ3) is 3.77. The van der Waals surface area contributed by atoms with Crippen LogP contribution in [0.15, 0.2) is 27.3 Å². The highest BCUT2D eigenvalue weighted by atomic mass is 16.5. The highest BCUT2D eigenvalue weighted by molar-refractivity contribution is 5.93. The van der Waals surface area contributed by atoms with Crippen molar-refractivity contribution in [2.45, 2.75) is 33.9 Å². The molecule has 1 amide bonds. The fourth-order valence-corrected chi connectivity index (χ4v) is 2.48. The van der Waals surface area contributed by atoms with Gasteiger partial charge in [-0.2, -0.15) is 10.1 Å². The molecule has 0 atom stereocenters. The Balaban J connectivity index is 1.51. The van der Waals surface area contributed by atoms with Gasteiger partial charge in [0.2, 0.25) is 5.91 Å². The zero-order valence-corrected chi connectivity index (χ0v) is 14.4. The number of hydrogen-bond acceptors (Lipinski definition) is 7. The molecule has 3 heterocycles. The molecule has 9 nitrogen and oxygen atoms in total. The molecule has 132 valence electrons. The smallest absolute Gasteiger partial charge is 0.293 e. The molecule has 0 aliphatic rings. The summed E-state index contributed by atoms with van der Waals surface area (Å²) in [5.74, 6) is 1.11. The Morgan fingerprint density at radius 2 is 2.20 bits per heavy atom. The van der Waals surface area contributed by atoms with E-state index in [2.05, 4.69) is 25.9 Å². The first kappa shape index (κ1) is 16.9. The van der Waals surface area contributed by atoms with Gasteiger partial charge in [0, 0.05) is 6.54 Å². The summed E-state index contributed by atoms with van der Waals surface area (Å²) in [6, 6.07) is 3.48. The van der Waals surface area contributed by atoms with Gasteiger partial charge in [0.1, 0.15) is 0 Å². The fraction of sp³-hybridized carbons (Fsp3) is 0.375. The molecule has 0 bridgehead atoms. The number of amides is 1. The topological polar surface area (TPSA) is 111 Å². The van der Waals surface area contributed by atoms with Gasteiger partial charge < -0.3 is 19.6 Å². The van der Waals surface area contributed by atoms with Crippen LogP contribution in [0.25, 0.3) is 11.7 Å². The number of nitrogens with zero attached hydrogens (tertiary/aromatic N) is 4. The van der Waals surface area contributed by atoms with Crippen molar-refractivity contribution in [1.82, 2.24) is 25.2 Å². The lowest BCUT2D eigenvalue weighted by atomic mass is 10.3. The van der Waals surface area contributed by atoms with E-state index in [1.54, 1.807) is 12.1 Å². The molecule has 2 N–H and O–H groups in total. The van der Waals surface area contributed by atoms with Crippen LogP contribution in [0.4, 0.5) is 5.69 Å². The summed E-state index contributed by atoms with van der Waals surface area (Å²) in [6.45, 7) is 7.01. The fourth-order valence-electron chi connectivity index (χ4n) is 2.48. The molecule has 0 spiro atoms. The second-order valence-corrected chi connectivity index (χ2v) is 5.51. The Hall–Kier alpha value is -2.94. The van der Waals surface area contributed by atoms with Crippen LogP contribution in [0.2, 0.25) is 0 Å². The number of rotatable bonds is 7. The van der Waals surface area contributed by atoms with Crippen molar-refractivity contribution in [1.29, 1.82) is 0 Å². The van der Waals surface area contributed by atoms with E-state index in [4.69, 9.17) is 8.94 Å². The molecule has 0 saturated carbocycles. The minimum atomic E-state index is -0.156. The molecule has 25 heavy (non-hydrogen) atoms. The van der Waals surface area contributed by atoms with Gasteiger partial charge in [0.15, 0.2) is 11.6 Å². The van der Waals surface area contributed by atoms with Crippen molar-refractivity contribution in [3.8, 4) is 11.7 Å². The largest absolute Gasteiger partial charge is 0.459 e. The van der Waals surface area contributed by atoms with Gasteiger partial charge in [0.25, 0.3) is 5.89 Å². The van der Waals surface area contributed by atoms with E-state index in [1.165, 1.54) is 6.26 Å².